The molecule has 1 aliphatic rings. The van der Waals surface area contributed by atoms with E-state index in [2.05, 4.69) is 10.6 Å². The topological polar surface area (TPSA) is 117 Å². The molecule has 46 heavy (non-hydrogen) atoms. The van der Waals surface area contributed by atoms with Gasteiger partial charge >= 0.3 is 0 Å². The number of rotatable bonds is 13. The van der Waals surface area contributed by atoms with Crippen molar-refractivity contribution in [2.45, 2.75) is 77.4 Å². The molecule has 4 rings (SSSR count). The van der Waals surface area contributed by atoms with Crippen molar-refractivity contribution in [3.05, 3.63) is 94.5 Å². The number of hydrogen-bond acceptors (Lipinski definition) is 7. The summed E-state index contributed by atoms with van der Waals surface area (Å²) in [6, 6.07) is 19.0. The largest absolute Gasteiger partial charge is 0.494 e. The fraction of sp³-hybridized carbons (Fsp3) is 0.417. The fourth-order valence-electron chi connectivity index (χ4n) is 5.64. The molecule has 1 aliphatic heterocycles. The number of thioether (sulfide) groups is 1. The molecule has 0 bridgehead atoms. The van der Waals surface area contributed by atoms with Gasteiger partial charge in [0.05, 0.1) is 18.5 Å². The Hall–Kier alpha value is -4.02. The van der Waals surface area contributed by atoms with E-state index in [0.717, 1.165) is 27.8 Å². The lowest BCUT2D eigenvalue weighted by Gasteiger charge is -2.33. The first-order valence-corrected chi connectivity index (χ1v) is 16.5. The van der Waals surface area contributed by atoms with Gasteiger partial charge in [0.25, 0.3) is 11.8 Å². The van der Waals surface area contributed by atoms with E-state index in [0.29, 0.717) is 24.7 Å². The van der Waals surface area contributed by atoms with Crippen molar-refractivity contribution in [1.29, 1.82) is 0 Å². The average molecular weight is 648 g/mol. The van der Waals surface area contributed by atoms with Crippen molar-refractivity contribution in [1.82, 2.24) is 15.5 Å². The van der Waals surface area contributed by atoms with Gasteiger partial charge < -0.3 is 30.1 Å². The van der Waals surface area contributed by atoms with Crippen LogP contribution in [0.5, 0.6) is 11.5 Å². The Kier molecular flexibility index (Phi) is 11.8. The number of carbonyl (C=O) groups is 3. The van der Waals surface area contributed by atoms with Crippen LogP contribution >= 0.6 is 11.8 Å². The van der Waals surface area contributed by atoms with Crippen LogP contribution in [0.1, 0.15) is 48.6 Å². The maximum absolute atomic E-state index is 14.0. The van der Waals surface area contributed by atoms with Gasteiger partial charge in [0.15, 0.2) is 12.7 Å². The Labute approximate surface area is 276 Å². The van der Waals surface area contributed by atoms with Crippen molar-refractivity contribution < 1.29 is 29.0 Å². The van der Waals surface area contributed by atoms with Gasteiger partial charge in [-0.25, -0.2) is 0 Å². The van der Waals surface area contributed by atoms with Crippen LogP contribution < -0.4 is 20.1 Å². The molecular formula is C36H45N3O6S. The number of aliphatic hydroxyl groups is 1. The molecule has 9 nitrogen and oxygen atoms in total. The number of nitrogens with one attached hydrogen (secondary N) is 2. The van der Waals surface area contributed by atoms with E-state index in [9.17, 15) is 19.5 Å². The molecule has 3 N–H and O–H groups in total. The van der Waals surface area contributed by atoms with E-state index in [1.165, 1.54) is 16.7 Å². The minimum atomic E-state index is -1.61. The highest BCUT2D eigenvalue weighted by atomic mass is 32.2. The summed E-state index contributed by atoms with van der Waals surface area (Å²) in [5.74, 6) is 0.141. The van der Waals surface area contributed by atoms with Crippen LogP contribution in [0, 0.1) is 20.8 Å². The zero-order chi connectivity index (χ0) is 33.4. The molecule has 3 aromatic carbocycles. The Balaban J connectivity index is 1.52. The summed E-state index contributed by atoms with van der Waals surface area (Å²) < 4.78 is 10.8. The third kappa shape index (κ3) is 8.61. The zero-order valence-electron chi connectivity index (χ0n) is 27.5. The molecule has 246 valence electrons. The molecular weight excluding hydrogens is 602 g/mol. The molecule has 1 saturated heterocycles. The SMILES string of the molecule is CCOc1ccc(C[C@H](NC(=O)COc2c(C)cccc2C)[C@H](O)C(=O)N2CSC(C)(C)C2C(=O)NCc2ccccc2C)cc1. The first-order chi connectivity index (χ1) is 21.9. The minimum absolute atomic E-state index is 0.170. The number of amides is 3. The molecule has 0 aliphatic carbocycles. The molecule has 0 aromatic heterocycles. The smallest absolute Gasteiger partial charge is 0.258 e. The van der Waals surface area contributed by atoms with Gasteiger partial charge in [0.1, 0.15) is 17.5 Å². The average Bonchev–Trinajstić information content (AvgIpc) is 3.35. The van der Waals surface area contributed by atoms with Crippen LogP contribution in [0.25, 0.3) is 0 Å². The highest BCUT2D eigenvalue weighted by Crippen LogP contribution is 2.40. The van der Waals surface area contributed by atoms with Crippen LogP contribution in [-0.4, -0.2) is 69.8 Å². The van der Waals surface area contributed by atoms with Crippen LogP contribution in [0.2, 0.25) is 0 Å². The minimum Gasteiger partial charge on any atom is -0.494 e. The Morgan fingerprint density at radius 1 is 0.957 bits per heavy atom. The summed E-state index contributed by atoms with van der Waals surface area (Å²) in [7, 11) is 0. The predicted octanol–water partition coefficient (Wildman–Crippen LogP) is 4.47. The lowest BCUT2D eigenvalue weighted by atomic mass is 9.97. The normalized spacial score (nSPS) is 16.8. The van der Waals surface area contributed by atoms with Gasteiger partial charge in [0, 0.05) is 11.3 Å². The number of nitrogens with zero attached hydrogens (tertiary/aromatic N) is 1. The first kappa shape index (κ1) is 34.8. The van der Waals surface area contributed by atoms with Crippen LogP contribution in [0.15, 0.2) is 66.7 Å². The molecule has 0 spiro atoms. The monoisotopic (exact) mass is 647 g/mol. The molecule has 3 atom stereocenters. The van der Waals surface area contributed by atoms with E-state index in [1.54, 1.807) is 0 Å². The van der Waals surface area contributed by atoms with Crippen molar-refractivity contribution in [3.8, 4) is 11.5 Å². The maximum atomic E-state index is 14.0. The summed E-state index contributed by atoms with van der Waals surface area (Å²) in [6.07, 6.45) is -1.44. The molecule has 0 saturated carbocycles. The van der Waals surface area contributed by atoms with Crippen LogP contribution in [0.4, 0.5) is 0 Å². The Morgan fingerprint density at radius 2 is 1.61 bits per heavy atom. The lowest BCUT2D eigenvalue weighted by Crippen LogP contribution is -2.59. The number of carbonyl (C=O) groups excluding carboxylic acids is 3. The lowest BCUT2D eigenvalue weighted by molar-refractivity contribution is -0.148. The second kappa shape index (κ2) is 15.5. The van der Waals surface area contributed by atoms with E-state index in [1.807, 2.05) is 108 Å². The van der Waals surface area contributed by atoms with Crippen LogP contribution in [0.3, 0.4) is 0 Å². The standard InChI is InChI=1S/C36H45N3O6S/c1-7-44-28-17-15-26(16-18-28)19-29(38-30(40)21-45-32-24(3)12-10-13-25(32)4)31(41)35(43)39-22-46-36(5,6)33(39)34(42)37-20-27-14-9-8-11-23(27)2/h8-18,29,31,33,41H,7,19-22H2,1-6H3,(H,37,42)(H,38,40)/t29-,31-,33?/m0/s1. The van der Waals surface area contributed by atoms with Gasteiger partial charge in [0.2, 0.25) is 5.91 Å². The van der Waals surface area contributed by atoms with Crippen LogP contribution in [-0.2, 0) is 27.3 Å². The van der Waals surface area contributed by atoms with E-state index < -0.39 is 34.7 Å². The van der Waals surface area contributed by atoms with Crippen molar-refractivity contribution in [3.63, 3.8) is 0 Å². The van der Waals surface area contributed by atoms with Crippen molar-refractivity contribution in [2.24, 2.45) is 0 Å². The molecule has 1 heterocycles. The first-order valence-electron chi connectivity index (χ1n) is 15.6. The summed E-state index contributed by atoms with van der Waals surface area (Å²) >= 11 is 1.47. The van der Waals surface area contributed by atoms with Gasteiger partial charge in [-0.05, 0) is 87.9 Å². The van der Waals surface area contributed by atoms with E-state index in [-0.39, 0.29) is 24.8 Å². The third-order valence-corrected chi connectivity index (χ3v) is 9.59. The predicted molar refractivity (Wildman–Crippen MR) is 181 cm³/mol. The molecule has 3 aromatic rings. The second-order valence-electron chi connectivity index (χ2n) is 12.1. The highest BCUT2D eigenvalue weighted by molar-refractivity contribution is 8.00. The third-order valence-electron chi connectivity index (χ3n) is 8.22. The summed E-state index contributed by atoms with van der Waals surface area (Å²) in [5.41, 5.74) is 4.63. The molecule has 0 radical (unpaired) electrons. The van der Waals surface area contributed by atoms with Gasteiger partial charge in [-0.15, -0.1) is 11.8 Å². The molecule has 3 amide bonds. The zero-order valence-corrected chi connectivity index (χ0v) is 28.3. The highest BCUT2D eigenvalue weighted by Gasteiger charge is 2.49. The molecule has 1 unspecified atom stereocenters. The van der Waals surface area contributed by atoms with Gasteiger partial charge in [-0.2, -0.15) is 0 Å². The number of hydrogen-bond donors (Lipinski definition) is 3. The van der Waals surface area contributed by atoms with Gasteiger partial charge in [-0.3, -0.25) is 14.4 Å². The second-order valence-corrected chi connectivity index (χ2v) is 13.7. The summed E-state index contributed by atoms with van der Waals surface area (Å²) in [6.45, 7) is 12.1. The maximum Gasteiger partial charge on any atom is 0.258 e. The number of aliphatic hydroxyl groups excluding tert-OH is 1. The molecule has 1 fully saturated rings. The summed E-state index contributed by atoms with van der Waals surface area (Å²) in [5, 5.41) is 17.4. The van der Waals surface area contributed by atoms with Gasteiger partial charge in [-0.1, -0.05) is 54.6 Å². The Bertz CT molecular complexity index is 1510. The van der Waals surface area contributed by atoms with Crippen molar-refractivity contribution >= 4 is 29.5 Å². The summed E-state index contributed by atoms with van der Waals surface area (Å²) in [4.78, 5) is 42.2. The molecule has 10 heteroatoms. The fourth-order valence-corrected chi connectivity index (χ4v) is 6.78. The number of ether oxygens (including phenoxy) is 2. The Morgan fingerprint density at radius 3 is 2.26 bits per heavy atom. The number of benzene rings is 3. The number of aryl methyl sites for hydroxylation is 3. The number of para-hydroxylation sites is 1. The quantitative estimate of drug-likeness (QED) is 0.251. The van der Waals surface area contributed by atoms with E-state index >= 15 is 0 Å². The van der Waals surface area contributed by atoms with E-state index in [4.69, 9.17) is 9.47 Å². The van der Waals surface area contributed by atoms with Crippen molar-refractivity contribution in [2.75, 3.05) is 19.1 Å².